The number of hydrogen-bond donors (Lipinski definition) is 1. The fourth-order valence-electron chi connectivity index (χ4n) is 3.37. The fraction of sp³-hybridized carbons (Fsp3) is 0.480. The van der Waals surface area contributed by atoms with Crippen LogP contribution in [0.5, 0.6) is 11.5 Å². The molecule has 0 saturated heterocycles. The molecule has 0 aliphatic carbocycles. The van der Waals surface area contributed by atoms with Crippen LogP contribution in [0.15, 0.2) is 36.4 Å². The molecule has 0 spiro atoms. The van der Waals surface area contributed by atoms with Gasteiger partial charge in [-0.2, -0.15) is 0 Å². The summed E-state index contributed by atoms with van der Waals surface area (Å²) in [6, 6.07) is 10.8. The van der Waals surface area contributed by atoms with Crippen LogP contribution in [0.3, 0.4) is 0 Å². The zero-order valence-electron chi connectivity index (χ0n) is 20.6. The van der Waals surface area contributed by atoms with Crippen LogP contribution in [0.2, 0.25) is 10.0 Å². The van der Waals surface area contributed by atoms with E-state index in [-0.39, 0.29) is 36.3 Å². The third-order valence-electron chi connectivity index (χ3n) is 5.54. The standard InChI is InChI=1S/C25H31Cl3O7S/c1-5-36(31,32)15-19(30)13-33-20-8-6-17(7-9-20)25(3,4)18-10-22(27)24(23(28)11-18)34-14-21(12-26)35-16(2)29/h6-11,19,21,30H,5,12-15H2,1-4H3/t19-,21+/m1/s1. The quantitative estimate of drug-likeness (QED) is 0.261. The first kappa shape index (κ1) is 30.5. The number of benzene rings is 2. The van der Waals surface area contributed by atoms with Crippen LogP contribution in [-0.2, 0) is 24.8 Å². The number of esters is 1. The molecule has 0 bridgehead atoms. The lowest BCUT2D eigenvalue weighted by Crippen LogP contribution is -2.28. The molecule has 2 aromatic carbocycles. The number of halogens is 3. The van der Waals surface area contributed by atoms with Gasteiger partial charge in [-0.15, -0.1) is 11.6 Å². The van der Waals surface area contributed by atoms with Gasteiger partial charge in [0.05, 0.1) is 21.7 Å². The van der Waals surface area contributed by atoms with Gasteiger partial charge in [-0.25, -0.2) is 8.42 Å². The van der Waals surface area contributed by atoms with Crippen molar-refractivity contribution in [1.82, 2.24) is 0 Å². The Morgan fingerprint density at radius 3 is 2.11 bits per heavy atom. The van der Waals surface area contributed by atoms with Crippen molar-refractivity contribution < 1.29 is 32.5 Å². The molecule has 11 heteroatoms. The molecule has 0 aliphatic heterocycles. The average molecular weight is 582 g/mol. The molecule has 2 atom stereocenters. The molecule has 0 unspecified atom stereocenters. The maximum atomic E-state index is 11.6. The maximum Gasteiger partial charge on any atom is 0.303 e. The van der Waals surface area contributed by atoms with Gasteiger partial charge in [-0.3, -0.25) is 4.79 Å². The first-order valence-corrected chi connectivity index (χ1v) is 14.4. The van der Waals surface area contributed by atoms with Gasteiger partial charge in [0.25, 0.3) is 0 Å². The summed E-state index contributed by atoms with van der Waals surface area (Å²) in [5, 5.41) is 10.5. The van der Waals surface area contributed by atoms with E-state index in [1.165, 1.54) is 13.8 Å². The van der Waals surface area contributed by atoms with Crippen molar-refractivity contribution in [2.45, 2.75) is 45.3 Å². The van der Waals surface area contributed by atoms with Gasteiger partial charge in [0.2, 0.25) is 0 Å². The molecule has 0 radical (unpaired) electrons. The summed E-state index contributed by atoms with van der Waals surface area (Å²) < 4.78 is 39.6. The number of sulfone groups is 1. The van der Waals surface area contributed by atoms with Crippen LogP contribution in [0.25, 0.3) is 0 Å². The molecular formula is C25H31Cl3O7S. The van der Waals surface area contributed by atoms with Crippen molar-refractivity contribution >= 4 is 50.6 Å². The summed E-state index contributed by atoms with van der Waals surface area (Å²) in [6.45, 7) is 6.72. The SMILES string of the molecule is CCS(=O)(=O)C[C@H](O)COc1ccc(C(C)(C)c2cc(Cl)c(OC[C@H](CCl)OC(C)=O)c(Cl)c2)cc1. The highest BCUT2D eigenvalue weighted by Gasteiger charge is 2.26. The van der Waals surface area contributed by atoms with E-state index < -0.39 is 33.4 Å². The first-order valence-electron chi connectivity index (χ1n) is 11.3. The van der Waals surface area contributed by atoms with Gasteiger partial charge in [-0.05, 0) is 35.4 Å². The Morgan fingerprint density at radius 2 is 1.61 bits per heavy atom. The topological polar surface area (TPSA) is 99.1 Å². The van der Waals surface area contributed by atoms with Crippen molar-refractivity contribution in [3.05, 3.63) is 57.6 Å². The molecule has 0 aliphatic rings. The molecule has 0 amide bonds. The number of carbonyl (C=O) groups excluding carboxylic acids is 1. The molecular weight excluding hydrogens is 551 g/mol. The molecule has 200 valence electrons. The number of rotatable bonds is 13. The largest absolute Gasteiger partial charge is 0.491 e. The summed E-state index contributed by atoms with van der Waals surface area (Å²) in [6.07, 6.45) is -1.74. The van der Waals surface area contributed by atoms with Crippen LogP contribution in [0.4, 0.5) is 0 Å². The Bertz CT molecular complexity index is 1110. The molecule has 0 fully saturated rings. The minimum absolute atomic E-state index is 0.00575. The Labute approximate surface area is 227 Å². The highest BCUT2D eigenvalue weighted by atomic mass is 35.5. The van der Waals surface area contributed by atoms with E-state index in [2.05, 4.69) is 0 Å². The molecule has 0 aromatic heterocycles. The third kappa shape index (κ3) is 8.70. The number of carbonyl (C=O) groups is 1. The van der Waals surface area contributed by atoms with E-state index in [1.54, 1.807) is 24.3 Å². The zero-order valence-corrected chi connectivity index (χ0v) is 23.7. The Hall–Kier alpha value is -1.71. The minimum Gasteiger partial charge on any atom is -0.491 e. The van der Waals surface area contributed by atoms with E-state index in [4.69, 9.17) is 49.0 Å². The first-order chi connectivity index (χ1) is 16.8. The summed E-state index contributed by atoms with van der Waals surface area (Å²) in [5.74, 6) is 0.00630. The number of alkyl halides is 1. The van der Waals surface area contributed by atoms with Crippen molar-refractivity contribution in [2.24, 2.45) is 0 Å². The van der Waals surface area contributed by atoms with Crippen molar-refractivity contribution in [3.63, 3.8) is 0 Å². The normalized spacial score (nSPS) is 13.7. The number of aliphatic hydroxyl groups is 1. The molecule has 2 aromatic rings. The number of hydrogen-bond acceptors (Lipinski definition) is 7. The van der Waals surface area contributed by atoms with Crippen LogP contribution in [0, 0.1) is 0 Å². The second kappa shape index (κ2) is 13.2. The molecule has 1 N–H and O–H groups in total. The predicted molar refractivity (Wildman–Crippen MR) is 143 cm³/mol. The highest BCUT2D eigenvalue weighted by molar-refractivity contribution is 7.91. The maximum absolute atomic E-state index is 11.6. The third-order valence-corrected chi connectivity index (χ3v) is 8.22. The summed E-state index contributed by atoms with van der Waals surface area (Å²) in [7, 11) is -3.29. The monoisotopic (exact) mass is 580 g/mol. The lowest BCUT2D eigenvalue weighted by atomic mass is 9.78. The van der Waals surface area contributed by atoms with Gasteiger partial charge >= 0.3 is 5.97 Å². The molecule has 36 heavy (non-hydrogen) atoms. The average Bonchev–Trinajstić information content (AvgIpc) is 2.81. The van der Waals surface area contributed by atoms with Gasteiger partial charge in [-0.1, -0.05) is 56.1 Å². The van der Waals surface area contributed by atoms with Crippen LogP contribution < -0.4 is 9.47 Å². The smallest absolute Gasteiger partial charge is 0.303 e. The van der Waals surface area contributed by atoms with E-state index in [9.17, 15) is 18.3 Å². The summed E-state index contributed by atoms with van der Waals surface area (Å²) >= 11 is 18.8. The lowest BCUT2D eigenvalue weighted by molar-refractivity contribution is -0.146. The second-order valence-corrected chi connectivity index (χ2v) is 12.3. The Morgan fingerprint density at radius 1 is 1.03 bits per heavy atom. The van der Waals surface area contributed by atoms with Crippen LogP contribution in [-0.4, -0.2) is 62.3 Å². The molecule has 2 rings (SSSR count). The van der Waals surface area contributed by atoms with E-state index in [1.807, 2.05) is 26.0 Å². The van der Waals surface area contributed by atoms with Gasteiger partial charge in [0.1, 0.15) is 31.2 Å². The minimum atomic E-state index is -3.29. The van der Waals surface area contributed by atoms with E-state index in [0.717, 1.165) is 11.1 Å². The van der Waals surface area contributed by atoms with Gasteiger partial charge in [0, 0.05) is 18.1 Å². The van der Waals surface area contributed by atoms with E-state index in [0.29, 0.717) is 15.8 Å². The van der Waals surface area contributed by atoms with Gasteiger partial charge in [0.15, 0.2) is 15.6 Å². The Kier molecular flexibility index (Phi) is 11.2. The summed E-state index contributed by atoms with van der Waals surface area (Å²) in [5.41, 5.74) is 1.30. The Balaban J connectivity index is 2.11. The molecule has 0 heterocycles. The van der Waals surface area contributed by atoms with E-state index >= 15 is 0 Å². The number of aliphatic hydroxyl groups excluding tert-OH is 1. The lowest BCUT2D eigenvalue weighted by Gasteiger charge is -2.27. The van der Waals surface area contributed by atoms with Crippen molar-refractivity contribution in [2.75, 3.05) is 30.6 Å². The highest BCUT2D eigenvalue weighted by Crippen LogP contribution is 2.40. The van der Waals surface area contributed by atoms with Crippen molar-refractivity contribution in [3.8, 4) is 11.5 Å². The van der Waals surface area contributed by atoms with Crippen LogP contribution >= 0.6 is 34.8 Å². The predicted octanol–water partition coefficient (Wildman–Crippen LogP) is 5.04. The summed E-state index contributed by atoms with van der Waals surface area (Å²) in [4.78, 5) is 11.2. The van der Waals surface area contributed by atoms with Crippen molar-refractivity contribution in [1.29, 1.82) is 0 Å². The number of ether oxygens (including phenoxy) is 3. The zero-order chi connectivity index (χ0) is 27.1. The molecule has 7 nitrogen and oxygen atoms in total. The second-order valence-electron chi connectivity index (χ2n) is 8.78. The molecule has 0 saturated carbocycles. The van der Waals surface area contributed by atoms with Gasteiger partial charge < -0.3 is 19.3 Å². The van der Waals surface area contributed by atoms with Crippen LogP contribution in [0.1, 0.15) is 38.8 Å². The fourth-order valence-corrected chi connectivity index (χ4v) is 5.03.